The Morgan fingerprint density at radius 3 is 2.56 bits per heavy atom. The maximum Gasteiger partial charge on any atom is 0.0946 e. The molecule has 3 aromatic rings. The molecule has 2 unspecified atom stereocenters. The molecule has 0 saturated heterocycles. The average molecular weight is 421 g/mol. The van der Waals surface area contributed by atoms with Crippen LogP contribution in [0.2, 0.25) is 10.0 Å². The van der Waals surface area contributed by atoms with Crippen LogP contribution in [0.4, 0.5) is 0 Å². The van der Waals surface area contributed by atoms with E-state index in [9.17, 15) is 5.11 Å². The number of benzene rings is 2. The van der Waals surface area contributed by atoms with E-state index in [1.165, 1.54) is 0 Å². The van der Waals surface area contributed by atoms with Crippen molar-refractivity contribution in [2.45, 2.75) is 36.6 Å². The first-order chi connectivity index (χ1) is 12.9. The third-order valence-corrected chi connectivity index (χ3v) is 6.50. The third kappa shape index (κ3) is 5.08. The molecule has 0 aliphatic rings. The van der Waals surface area contributed by atoms with Gasteiger partial charge in [-0.25, -0.2) is 4.98 Å². The van der Waals surface area contributed by atoms with Crippen LogP contribution in [-0.2, 0) is 17.9 Å². The molecule has 0 aliphatic carbocycles. The van der Waals surface area contributed by atoms with Crippen LogP contribution in [0.3, 0.4) is 0 Å². The van der Waals surface area contributed by atoms with Crippen molar-refractivity contribution in [3.05, 3.63) is 82.4 Å². The van der Waals surface area contributed by atoms with Gasteiger partial charge in [0.05, 0.1) is 11.9 Å². The first-order valence-corrected chi connectivity index (χ1v) is 10.5. The SMILES string of the molecule is CC(Cn1ccnc1)C(C)(O)c1ccc(SCc2ccc(Cl)cc2Cl)cc1. The molecule has 3 nitrogen and oxygen atoms in total. The van der Waals surface area contributed by atoms with Crippen molar-refractivity contribution in [3.8, 4) is 0 Å². The Morgan fingerprint density at radius 1 is 1.19 bits per heavy atom. The monoisotopic (exact) mass is 420 g/mol. The summed E-state index contributed by atoms with van der Waals surface area (Å²) in [6.45, 7) is 4.62. The molecule has 0 radical (unpaired) electrons. The lowest BCUT2D eigenvalue weighted by molar-refractivity contribution is -0.00546. The molecule has 142 valence electrons. The Morgan fingerprint density at radius 2 is 1.93 bits per heavy atom. The number of thioether (sulfide) groups is 1. The van der Waals surface area contributed by atoms with Crippen LogP contribution in [0, 0.1) is 5.92 Å². The lowest BCUT2D eigenvalue weighted by Crippen LogP contribution is -2.32. The summed E-state index contributed by atoms with van der Waals surface area (Å²) in [5.74, 6) is 0.807. The maximum absolute atomic E-state index is 11.0. The summed E-state index contributed by atoms with van der Waals surface area (Å²) in [4.78, 5) is 5.19. The number of rotatable bonds is 7. The van der Waals surface area contributed by atoms with Crippen LogP contribution < -0.4 is 0 Å². The molecule has 6 heteroatoms. The lowest BCUT2D eigenvalue weighted by atomic mass is 9.84. The molecule has 3 rings (SSSR count). The topological polar surface area (TPSA) is 38.0 Å². The lowest BCUT2D eigenvalue weighted by Gasteiger charge is -2.31. The van der Waals surface area contributed by atoms with E-state index in [-0.39, 0.29) is 5.92 Å². The van der Waals surface area contributed by atoms with E-state index in [0.717, 1.165) is 21.8 Å². The maximum atomic E-state index is 11.0. The summed E-state index contributed by atoms with van der Waals surface area (Å²) < 4.78 is 1.99. The minimum absolute atomic E-state index is 0.0399. The third-order valence-electron chi connectivity index (χ3n) is 4.85. The number of halogens is 2. The van der Waals surface area contributed by atoms with Crippen LogP contribution in [0.25, 0.3) is 0 Å². The predicted octanol–water partition coefficient (Wildman–Crippen LogP) is 6.03. The molecule has 0 saturated carbocycles. The van der Waals surface area contributed by atoms with Gasteiger partial charge in [0, 0.05) is 45.5 Å². The van der Waals surface area contributed by atoms with Gasteiger partial charge in [0.25, 0.3) is 0 Å². The summed E-state index contributed by atoms with van der Waals surface area (Å²) >= 11 is 13.9. The zero-order valence-corrected chi connectivity index (χ0v) is 17.6. The number of aromatic nitrogens is 2. The number of hydrogen-bond donors (Lipinski definition) is 1. The van der Waals surface area contributed by atoms with E-state index >= 15 is 0 Å². The van der Waals surface area contributed by atoms with Gasteiger partial charge in [0.15, 0.2) is 0 Å². The zero-order valence-electron chi connectivity index (χ0n) is 15.3. The van der Waals surface area contributed by atoms with Gasteiger partial charge in [-0.1, -0.05) is 48.3 Å². The fourth-order valence-electron chi connectivity index (χ4n) is 2.86. The van der Waals surface area contributed by atoms with Gasteiger partial charge in [-0.05, 0) is 42.3 Å². The Hall–Kier alpha value is -1.46. The predicted molar refractivity (Wildman–Crippen MR) is 113 cm³/mol. The number of imidazole rings is 1. The second kappa shape index (κ2) is 8.70. The molecule has 0 fully saturated rings. The molecule has 0 aliphatic heterocycles. The van der Waals surface area contributed by atoms with Crippen molar-refractivity contribution in [2.24, 2.45) is 5.92 Å². The van der Waals surface area contributed by atoms with E-state index in [0.29, 0.717) is 16.6 Å². The normalized spacial score (nSPS) is 14.7. The molecule has 0 amide bonds. The average Bonchev–Trinajstić information content (AvgIpc) is 3.14. The van der Waals surface area contributed by atoms with E-state index in [1.54, 1.807) is 30.4 Å². The van der Waals surface area contributed by atoms with Gasteiger partial charge in [0.1, 0.15) is 0 Å². The van der Waals surface area contributed by atoms with Crippen molar-refractivity contribution in [3.63, 3.8) is 0 Å². The Labute approximate surface area is 174 Å². The number of hydrogen-bond acceptors (Lipinski definition) is 3. The molecule has 2 aromatic carbocycles. The van der Waals surface area contributed by atoms with Crippen LogP contribution in [0.5, 0.6) is 0 Å². The Balaban J connectivity index is 1.65. The van der Waals surface area contributed by atoms with Gasteiger partial charge in [-0.2, -0.15) is 0 Å². The van der Waals surface area contributed by atoms with Crippen molar-refractivity contribution in [2.75, 3.05) is 0 Å². The van der Waals surface area contributed by atoms with Crippen LogP contribution >= 0.6 is 35.0 Å². The largest absolute Gasteiger partial charge is 0.385 e. The summed E-state index contributed by atoms with van der Waals surface area (Å²) in [6.07, 6.45) is 5.43. The molecular weight excluding hydrogens is 399 g/mol. The molecule has 1 heterocycles. The van der Waals surface area contributed by atoms with Crippen molar-refractivity contribution in [1.29, 1.82) is 0 Å². The summed E-state index contributed by atoms with van der Waals surface area (Å²) in [5.41, 5.74) is 1.03. The summed E-state index contributed by atoms with van der Waals surface area (Å²) in [6, 6.07) is 13.7. The highest BCUT2D eigenvalue weighted by atomic mass is 35.5. The highest BCUT2D eigenvalue weighted by Gasteiger charge is 2.30. The van der Waals surface area contributed by atoms with Crippen LogP contribution in [0.15, 0.2) is 66.1 Å². The van der Waals surface area contributed by atoms with Gasteiger partial charge in [-0.15, -0.1) is 11.8 Å². The van der Waals surface area contributed by atoms with Crippen LogP contribution in [-0.4, -0.2) is 14.7 Å². The molecular formula is C21H22Cl2N2OS. The van der Waals surface area contributed by atoms with Crippen molar-refractivity contribution < 1.29 is 5.11 Å². The number of nitrogens with zero attached hydrogens (tertiary/aromatic N) is 2. The fourth-order valence-corrected chi connectivity index (χ4v) is 4.32. The van der Waals surface area contributed by atoms with E-state index in [2.05, 4.69) is 4.98 Å². The van der Waals surface area contributed by atoms with Gasteiger partial charge in [0.2, 0.25) is 0 Å². The highest BCUT2D eigenvalue weighted by Crippen LogP contribution is 2.33. The van der Waals surface area contributed by atoms with Gasteiger partial charge >= 0.3 is 0 Å². The van der Waals surface area contributed by atoms with E-state index in [1.807, 2.05) is 61.0 Å². The molecule has 2 atom stereocenters. The number of aliphatic hydroxyl groups is 1. The first-order valence-electron chi connectivity index (χ1n) is 8.71. The highest BCUT2D eigenvalue weighted by molar-refractivity contribution is 7.98. The van der Waals surface area contributed by atoms with E-state index < -0.39 is 5.60 Å². The van der Waals surface area contributed by atoms with Crippen LogP contribution in [0.1, 0.15) is 25.0 Å². The fraction of sp³-hybridized carbons (Fsp3) is 0.286. The van der Waals surface area contributed by atoms with Gasteiger partial charge in [-0.3, -0.25) is 0 Å². The molecule has 1 N–H and O–H groups in total. The van der Waals surface area contributed by atoms with E-state index in [4.69, 9.17) is 23.2 Å². The Kier molecular flexibility index (Phi) is 6.53. The minimum atomic E-state index is -0.924. The van der Waals surface area contributed by atoms with Gasteiger partial charge < -0.3 is 9.67 Å². The second-order valence-electron chi connectivity index (χ2n) is 6.86. The molecule has 27 heavy (non-hydrogen) atoms. The second-order valence-corrected chi connectivity index (χ2v) is 8.75. The van der Waals surface area contributed by atoms with Crippen molar-refractivity contribution in [1.82, 2.24) is 9.55 Å². The Bertz CT molecular complexity index is 880. The molecule has 1 aromatic heterocycles. The van der Waals surface area contributed by atoms with Crippen molar-refractivity contribution >= 4 is 35.0 Å². The summed E-state index contributed by atoms with van der Waals surface area (Å²) in [7, 11) is 0. The molecule has 0 bridgehead atoms. The first kappa shape index (κ1) is 20.3. The zero-order chi connectivity index (χ0) is 19.4. The summed E-state index contributed by atoms with van der Waals surface area (Å²) in [5, 5.41) is 12.4. The quantitative estimate of drug-likeness (QED) is 0.474. The standard InChI is InChI=1S/C21H22Cl2N2OS/c1-15(12-25-10-9-24-14-25)21(2,26)17-4-7-19(8-5-17)27-13-16-3-6-18(22)11-20(16)23/h3-11,14-15,26H,12-13H2,1-2H3. The smallest absolute Gasteiger partial charge is 0.0946 e. The minimum Gasteiger partial charge on any atom is -0.385 e. The molecule has 0 spiro atoms.